The van der Waals surface area contributed by atoms with Gasteiger partial charge >= 0.3 is 0 Å². The highest BCUT2D eigenvalue weighted by atomic mass is 32.2. The van der Waals surface area contributed by atoms with E-state index in [1.807, 2.05) is 13.8 Å². The van der Waals surface area contributed by atoms with Gasteiger partial charge in [-0.3, -0.25) is 18.6 Å². The Hall–Kier alpha value is -3.21. The number of hydrogen-bond donors (Lipinski definition) is 0. The van der Waals surface area contributed by atoms with Gasteiger partial charge in [-0.05, 0) is 26.0 Å². The molecule has 0 spiro atoms. The first-order valence-corrected chi connectivity index (χ1v) is 9.86. The molecule has 10 nitrogen and oxygen atoms in total. The highest BCUT2D eigenvalue weighted by molar-refractivity contribution is 7.84. The van der Waals surface area contributed by atoms with Crippen molar-refractivity contribution in [3.05, 3.63) is 51.3 Å². The zero-order valence-corrected chi connectivity index (χ0v) is 17.2. The van der Waals surface area contributed by atoms with Crippen molar-refractivity contribution in [1.82, 2.24) is 14.5 Å². The van der Waals surface area contributed by atoms with E-state index in [-0.39, 0.29) is 10.9 Å². The molecular formula is C18H20N4O6S. The fourth-order valence-corrected chi connectivity index (χ4v) is 4.29. The Morgan fingerprint density at radius 2 is 2.00 bits per heavy atom. The van der Waals surface area contributed by atoms with Gasteiger partial charge in [0, 0.05) is 23.4 Å². The minimum Gasteiger partial charge on any atom is -0.497 e. The topological polar surface area (TPSA) is 119 Å². The summed E-state index contributed by atoms with van der Waals surface area (Å²) >= 11 is 0. The van der Waals surface area contributed by atoms with E-state index in [9.17, 15) is 14.3 Å². The summed E-state index contributed by atoms with van der Waals surface area (Å²) in [6.45, 7) is 3.29. The van der Waals surface area contributed by atoms with Gasteiger partial charge in [0.25, 0.3) is 5.09 Å². The smallest absolute Gasteiger partial charge is 0.296 e. The summed E-state index contributed by atoms with van der Waals surface area (Å²) in [5.74, 6) is 1.32. The average Bonchev–Trinajstić information content (AvgIpc) is 3.06. The summed E-state index contributed by atoms with van der Waals surface area (Å²) in [6, 6.07) is 5.04. The van der Waals surface area contributed by atoms with Crippen LogP contribution in [0.2, 0.25) is 0 Å². The van der Waals surface area contributed by atoms with Crippen LogP contribution >= 0.6 is 0 Å². The third-order valence-electron chi connectivity index (χ3n) is 4.43. The molecular weight excluding hydrogens is 400 g/mol. The highest BCUT2D eigenvalue weighted by Gasteiger charge is 2.20. The molecule has 0 N–H and O–H groups in total. The molecule has 11 heteroatoms. The summed E-state index contributed by atoms with van der Waals surface area (Å²) in [7, 11) is 1.45. The molecule has 2 heterocycles. The molecule has 1 aromatic carbocycles. The van der Waals surface area contributed by atoms with Crippen molar-refractivity contribution in [3.8, 4) is 11.5 Å². The molecule has 0 radical (unpaired) electrons. The number of hydrogen-bond acceptors (Lipinski definition) is 8. The summed E-state index contributed by atoms with van der Waals surface area (Å²) in [5, 5.41) is 9.92. The molecule has 29 heavy (non-hydrogen) atoms. The zero-order valence-electron chi connectivity index (χ0n) is 16.4. The van der Waals surface area contributed by atoms with Crippen LogP contribution in [0, 0.1) is 24.0 Å². The summed E-state index contributed by atoms with van der Waals surface area (Å²) in [6.07, 6.45) is 1.65. The maximum Gasteiger partial charge on any atom is 0.296 e. The van der Waals surface area contributed by atoms with Gasteiger partial charge in [-0.2, -0.15) is 0 Å². The van der Waals surface area contributed by atoms with E-state index in [0.717, 1.165) is 11.1 Å². The molecule has 3 rings (SSSR count). The molecule has 0 amide bonds. The molecule has 2 aromatic heterocycles. The minimum atomic E-state index is -1.64. The van der Waals surface area contributed by atoms with Crippen LogP contribution in [0.4, 0.5) is 0 Å². The molecule has 0 saturated heterocycles. The number of ether oxygens (including phenoxy) is 2. The molecule has 0 bridgehead atoms. The van der Waals surface area contributed by atoms with Gasteiger partial charge in [0.1, 0.15) is 11.5 Å². The second-order valence-corrected chi connectivity index (χ2v) is 7.54. The van der Waals surface area contributed by atoms with Gasteiger partial charge in [0.05, 0.1) is 47.5 Å². The first-order valence-electron chi connectivity index (χ1n) is 8.54. The van der Waals surface area contributed by atoms with E-state index in [4.69, 9.17) is 9.47 Å². The molecule has 0 unspecified atom stereocenters. The maximum absolute atomic E-state index is 13.1. The first kappa shape index (κ1) is 20.5. The third kappa shape index (κ3) is 4.14. The summed E-state index contributed by atoms with van der Waals surface area (Å²) in [5.41, 5.74) is 3.29. The predicted molar refractivity (Wildman–Crippen MR) is 105 cm³/mol. The molecule has 1 atom stereocenters. The molecule has 0 aliphatic rings. The lowest BCUT2D eigenvalue weighted by molar-refractivity contribution is -0.767. The normalized spacial score (nSPS) is 12.0. The lowest BCUT2D eigenvalue weighted by atomic mass is 10.1. The number of aryl methyl sites for hydroxylation is 1. The highest BCUT2D eigenvalue weighted by Crippen LogP contribution is 2.27. The molecule has 0 aliphatic carbocycles. The average molecular weight is 420 g/mol. The van der Waals surface area contributed by atoms with Crippen molar-refractivity contribution in [3.63, 3.8) is 0 Å². The number of fused-ring (bicyclic) bond motifs is 1. The van der Waals surface area contributed by atoms with Gasteiger partial charge in [-0.1, -0.05) is 0 Å². The van der Waals surface area contributed by atoms with Gasteiger partial charge < -0.3 is 9.47 Å². The van der Waals surface area contributed by atoms with Crippen LogP contribution in [0.1, 0.15) is 16.8 Å². The van der Waals surface area contributed by atoms with Crippen molar-refractivity contribution in [2.24, 2.45) is 0 Å². The van der Waals surface area contributed by atoms with E-state index < -0.39 is 22.6 Å². The van der Waals surface area contributed by atoms with Gasteiger partial charge in [0.2, 0.25) is 5.16 Å². The van der Waals surface area contributed by atoms with Crippen molar-refractivity contribution >= 4 is 21.8 Å². The van der Waals surface area contributed by atoms with Crippen LogP contribution in [0.15, 0.2) is 29.6 Å². The molecule has 3 aromatic rings. The number of benzene rings is 1. The van der Waals surface area contributed by atoms with E-state index in [2.05, 4.69) is 14.8 Å². The van der Waals surface area contributed by atoms with Gasteiger partial charge in [0.15, 0.2) is 6.73 Å². The Morgan fingerprint density at radius 3 is 2.66 bits per heavy atom. The largest absolute Gasteiger partial charge is 0.497 e. The molecule has 0 aliphatic heterocycles. The molecule has 0 fully saturated rings. The minimum absolute atomic E-state index is 0.0708. The lowest BCUT2D eigenvalue weighted by Gasteiger charge is -2.12. The second-order valence-electron chi connectivity index (χ2n) is 6.19. The van der Waals surface area contributed by atoms with E-state index >= 15 is 0 Å². The van der Waals surface area contributed by atoms with Crippen LogP contribution < -0.4 is 9.47 Å². The summed E-state index contributed by atoms with van der Waals surface area (Å²) < 4.78 is 25.1. The van der Waals surface area contributed by atoms with Crippen LogP contribution in [-0.2, 0) is 28.1 Å². The van der Waals surface area contributed by atoms with E-state index in [0.29, 0.717) is 28.2 Å². The predicted octanol–water partition coefficient (Wildman–Crippen LogP) is 2.54. The monoisotopic (exact) mass is 420 g/mol. The fourth-order valence-electron chi connectivity index (χ4n) is 3.02. The fraction of sp³-hybridized carbons (Fsp3) is 0.333. The third-order valence-corrected chi connectivity index (χ3v) is 5.69. The first-order chi connectivity index (χ1) is 13.8. The van der Waals surface area contributed by atoms with Crippen molar-refractivity contribution < 1.29 is 23.6 Å². The Labute approximate surface area is 169 Å². The number of methoxy groups -OCH3 is 2. The number of aromatic nitrogens is 3. The SMILES string of the molecule is COc1ccc2c(c1)nc([S@@](=O)Cc1ncc(C)c(OC)c1C)n2CO[N+](=O)[O-]. The number of nitrogens with zero attached hydrogens (tertiary/aromatic N) is 4. The standard InChI is InChI=1S/C18H20N4O6S/c1-11-8-19-15(12(2)17(11)27-4)9-29(25)18-20-14-7-13(26-3)5-6-16(14)21(18)10-28-22(23)24/h5-8H,9-10H2,1-4H3/t29-/m0/s1. The van der Waals surface area contributed by atoms with Crippen LogP contribution in [0.5, 0.6) is 11.5 Å². The van der Waals surface area contributed by atoms with E-state index in [1.165, 1.54) is 11.7 Å². The number of pyridine rings is 1. The Bertz CT molecular complexity index is 1100. The Balaban J connectivity index is 2.02. The van der Waals surface area contributed by atoms with Crippen molar-refractivity contribution in [1.29, 1.82) is 0 Å². The number of imidazole rings is 1. The maximum atomic E-state index is 13.1. The van der Waals surface area contributed by atoms with E-state index in [1.54, 1.807) is 31.5 Å². The van der Waals surface area contributed by atoms with Crippen LogP contribution in [-0.4, -0.2) is 38.1 Å². The van der Waals surface area contributed by atoms with Crippen molar-refractivity contribution in [2.75, 3.05) is 14.2 Å². The molecule has 0 saturated carbocycles. The summed E-state index contributed by atoms with van der Waals surface area (Å²) in [4.78, 5) is 24.0. The lowest BCUT2D eigenvalue weighted by Crippen LogP contribution is -2.13. The van der Waals surface area contributed by atoms with Gasteiger partial charge in [-0.25, -0.2) is 4.98 Å². The Morgan fingerprint density at radius 1 is 1.24 bits per heavy atom. The number of rotatable bonds is 8. The van der Waals surface area contributed by atoms with Crippen LogP contribution in [0.3, 0.4) is 0 Å². The Kier molecular flexibility index (Phi) is 5.97. The zero-order chi connectivity index (χ0) is 21.1. The molecule has 154 valence electrons. The van der Waals surface area contributed by atoms with Gasteiger partial charge in [-0.15, -0.1) is 10.1 Å². The van der Waals surface area contributed by atoms with Crippen molar-refractivity contribution in [2.45, 2.75) is 31.5 Å². The quantitative estimate of drug-likeness (QED) is 0.403. The second kappa shape index (κ2) is 8.43. The van der Waals surface area contributed by atoms with Crippen LogP contribution in [0.25, 0.3) is 11.0 Å².